The average molecular weight is 225 g/mol. The van der Waals surface area contributed by atoms with Gasteiger partial charge >= 0.3 is 0 Å². The van der Waals surface area contributed by atoms with E-state index in [0.717, 1.165) is 0 Å². The van der Waals surface area contributed by atoms with E-state index in [-0.39, 0.29) is 0 Å². The van der Waals surface area contributed by atoms with Gasteiger partial charge in [-0.05, 0) is 12.1 Å². The Kier molecular flexibility index (Phi) is 4.90. The summed E-state index contributed by atoms with van der Waals surface area (Å²) >= 11 is 3.74. The first kappa shape index (κ1) is 12.0. The summed E-state index contributed by atoms with van der Waals surface area (Å²) in [5, 5.41) is 1.26. The van der Waals surface area contributed by atoms with E-state index in [1.165, 1.54) is 9.79 Å². The van der Waals surface area contributed by atoms with Gasteiger partial charge in [0.2, 0.25) is 0 Å². The van der Waals surface area contributed by atoms with Crippen LogP contribution < -0.4 is 0 Å². The first-order valence-corrected chi connectivity index (χ1v) is 6.69. The van der Waals surface area contributed by atoms with Crippen LogP contribution in [0.2, 0.25) is 0 Å². The Morgan fingerprint density at radius 2 is 1.36 bits per heavy atom. The molecular formula is C12H17S2. The van der Waals surface area contributed by atoms with Crippen LogP contribution in [0.1, 0.15) is 27.7 Å². The topological polar surface area (TPSA) is 0 Å². The Morgan fingerprint density at radius 3 is 1.71 bits per heavy atom. The van der Waals surface area contributed by atoms with Crippen molar-refractivity contribution in [3.8, 4) is 0 Å². The van der Waals surface area contributed by atoms with E-state index in [2.05, 4.69) is 52.0 Å². The van der Waals surface area contributed by atoms with Gasteiger partial charge in [-0.2, -0.15) is 0 Å². The number of hydrogen-bond donors (Lipinski definition) is 0. The second-order valence-electron chi connectivity index (χ2n) is 3.71. The van der Waals surface area contributed by atoms with E-state index in [0.29, 0.717) is 10.5 Å². The number of hydrogen-bond acceptors (Lipinski definition) is 2. The van der Waals surface area contributed by atoms with Crippen molar-refractivity contribution in [1.29, 1.82) is 0 Å². The van der Waals surface area contributed by atoms with Gasteiger partial charge in [-0.15, -0.1) is 23.5 Å². The summed E-state index contributed by atoms with van der Waals surface area (Å²) in [6.45, 7) is 8.84. The third-order valence-corrected chi connectivity index (χ3v) is 3.39. The van der Waals surface area contributed by atoms with Crippen LogP contribution in [0.25, 0.3) is 0 Å². The fourth-order valence-corrected chi connectivity index (χ4v) is 2.81. The zero-order chi connectivity index (χ0) is 10.6. The molecule has 0 aromatic heterocycles. The van der Waals surface area contributed by atoms with E-state index in [4.69, 9.17) is 0 Å². The third kappa shape index (κ3) is 4.43. The molecule has 0 aliphatic carbocycles. The van der Waals surface area contributed by atoms with Crippen molar-refractivity contribution in [2.24, 2.45) is 0 Å². The van der Waals surface area contributed by atoms with Gasteiger partial charge in [-0.25, -0.2) is 0 Å². The van der Waals surface area contributed by atoms with Crippen molar-refractivity contribution in [3.05, 3.63) is 24.3 Å². The third-order valence-electron chi connectivity index (χ3n) is 1.47. The van der Waals surface area contributed by atoms with Gasteiger partial charge in [0.25, 0.3) is 0 Å². The van der Waals surface area contributed by atoms with E-state index in [1.807, 2.05) is 23.5 Å². The zero-order valence-electron chi connectivity index (χ0n) is 9.20. The highest BCUT2D eigenvalue weighted by atomic mass is 32.2. The molecule has 0 aliphatic heterocycles. The fourth-order valence-electron chi connectivity index (χ4n) is 1.07. The van der Waals surface area contributed by atoms with Crippen molar-refractivity contribution in [3.63, 3.8) is 0 Å². The zero-order valence-corrected chi connectivity index (χ0v) is 10.8. The van der Waals surface area contributed by atoms with Crippen LogP contribution in [0.4, 0.5) is 0 Å². The molecule has 0 saturated heterocycles. The minimum Gasteiger partial charge on any atom is -0.123 e. The maximum absolute atomic E-state index is 3.43. The largest absolute Gasteiger partial charge is 0.123 e. The highest BCUT2D eigenvalue weighted by Crippen LogP contribution is 2.28. The number of thioether (sulfide) groups is 2. The average Bonchev–Trinajstić information content (AvgIpc) is 2.01. The summed E-state index contributed by atoms with van der Waals surface area (Å²) < 4.78 is 0. The van der Waals surface area contributed by atoms with E-state index >= 15 is 0 Å². The van der Waals surface area contributed by atoms with Crippen molar-refractivity contribution < 1.29 is 0 Å². The predicted molar refractivity (Wildman–Crippen MR) is 67.3 cm³/mol. The van der Waals surface area contributed by atoms with Gasteiger partial charge in [0.05, 0.1) is 0 Å². The lowest BCUT2D eigenvalue weighted by atomic mass is 10.4. The second kappa shape index (κ2) is 5.72. The van der Waals surface area contributed by atoms with Crippen LogP contribution in [-0.4, -0.2) is 10.5 Å². The SMILES string of the molecule is CC(C)Sc1[c]c(SC(C)C)ccc1. The van der Waals surface area contributed by atoms with E-state index in [9.17, 15) is 0 Å². The Morgan fingerprint density at radius 1 is 0.929 bits per heavy atom. The van der Waals surface area contributed by atoms with Crippen LogP contribution >= 0.6 is 23.5 Å². The molecule has 0 bridgehead atoms. The van der Waals surface area contributed by atoms with Crippen LogP contribution in [-0.2, 0) is 0 Å². The van der Waals surface area contributed by atoms with Crippen molar-refractivity contribution in [2.45, 2.75) is 48.0 Å². The van der Waals surface area contributed by atoms with Gasteiger partial charge < -0.3 is 0 Å². The lowest BCUT2D eigenvalue weighted by Crippen LogP contribution is -1.88. The quantitative estimate of drug-likeness (QED) is 0.693. The minimum absolute atomic E-state index is 0.630. The molecular weight excluding hydrogens is 208 g/mol. The molecule has 1 aromatic rings. The number of benzene rings is 1. The first-order chi connectivity index (χ1) is 6.58. The molecule has 1 radical (unpaired) electrons. The van der Waals surface area contributed by atoms with E-state index < -0.39 is 0 Å². The normalized spacial score (nSPS) is 11.3. The van der Waals surface area contributed by atoms with Gasteiger partial charge in [-0.1, -0.05) is 33.8 Å². The maximum Gasteiger partial charge on any atom is 0.0165 e. The van der Waals surface area contributed by atoms with Crippen molar-refractivity contribution in [1.82, 2.24) is 0 Å². The molecule has 0 unspecified atom stereocenters. The highest BCUT2D eigenvalue weighted by molar-refractivity contribution is 8.00. The Bertz CT molecular complexity index is 254. The lowest BCUT2D eigenvalue weighted by molar-refractivity contribution is 1.10. The maximum atomic E-state index is 3.43. The predicted octanol–water partition coefficient (Wildman–Crippen LogP) is 4.49. The van der Waals surface area contributed by atoms with Crippen molar-refractivity contribution >= 4 is 23.5 Å². The Balaban J connectivity index is 2.68. The molecule has 0 heterocycles. The summed E-state index contributed by atoms with van der Waals surface area (Å²) in [6.07, 6.45) is 0. The molecule has 77 valence electrons. The molecule has 0 spiro atoms. The summed E-state index contributed by atoms with van der Waals surface area (Å²) in [6, 6.07) is 9.82. The molecule has 0 nitrogen and oxygen atoms in total. The Hall–Kier alpha value is -0.0800. The fraction of sp³-hybridized carbons (Fsp3) is 0.500. The Labute approximate surface area is 95.9 Å². The van der Waals surface area contributed by atoms with Gasteiger partial charge in [-0.3, -0.25) is 0 Å². The van der Waals surface area contributed by atoms with E-state index in [1.54, 1.807) is 0 Å². The highest BCUT2D eigenvalue weighted by Gasteiger charge is 2.02. The molecule has 14 heavy (non-hydrogen) atoms. The number of rotatable bonds is 4. The van der Waals surface area contributed by atoms with Crippen LogP contribution in [0.15, 0.2) is 28.0 Å². The molecule has 0 atom stereocenters. The smallest absolute Gasteiger partial charge is 0.0165 e. The molecule has 2 heteroatoms. The summed E-state index contributed by atoms with van der Waals surface area (Å²) in [4.78, 5) is 2.51. The van der Waals surface area contributed by atoms with Crippen LogP contribution in [0.3, 0.4) is 0 Å². The molecule has 1 rings (SSSR count). The summed E-state index contributed by atoms with van der Waals surface area (Å²) in [5.74, 6) is 0. The lowest BCUT2D eigenvalue weighted by Gasteiger charge is -2.07. The molecule has 0 aliphatic rings. The second-order valence-corrected chi connectivity index (χ2v) is 6.95. The standard InChI is InChI=1S/C12H17S2/c1-9(2)13-11-6-5-7-12(8-11)14-10(3)4/h5-7,9-10H,1-4H3. The molecule has 0 saturated carbocycles. The first-order valence-electron chi connectivity index (χ1n) is 4.93. The molecule has 0 amide bonds. The monoisotopic (exact) mass is 225 g/mol. The summed E-state index contributed by atoms with van der Waals surface area (Å²) in [5.41, 5.74) is 0. The van der Waals surface area contributed by atoms with Crippen molar-refractivity contribution in [2.75, 3.05) is 0 Å². The minimum atomic E-state index is 0.630. The van der Waals surface area contributed by atoms with Gasteiger partial charge in [0, 0.05) is 26.4 Å². The van der Waals surface area contributed by atoms with Gasteiger partial charge in [0.1, 0.15) is 0 Å². The molecule has 1 aromatic carbocycles. The van der Waals surface area contributed by atoms with Gasteiger partial charge in [0.15, 0.2) is 0 Å². The molecule has 0 N–H and O–H groups in total. The summed E-state index contributed by atoms with van der Waals surface area (Å²) in [7, 11) is 0. The molecule has 0 fully saturated rings. The van der Waals surface area contributed by atoms with Crippen LogP contribution in [0, 0.1) is 6.07 Å². The van der Waals surface area contributed by atoms with Crippen LogP contribution in [0.5, 0.6) is 0 Å².